The molecule has 0 spiro atoms. The number of ether oxygens (including phenoxy) is 2. The first kappa shape index (κ1) is 33.9. The lowest BCUT2D eigenvalue weighted by molar-refractivity contribution is -0.0177. The SMILES string of the molecule is C[C@@H]1CN([C@@H](C)CO)C(=O)c2cc(NS(=O)(=O)c3cccs3)ccc2O[C@@H](C)CCCCO[C@H]1CN(C)Cc1ccccc1. The molecule has 1 aliphatic heterocycles. The van der Waals surface area contributed by atoms with Crippen LogP contribution in [0.5, 0.6) is 5.75 Å². The molecule has 0 fully saturated rings. The zero-order valence-corrected chi connectivity index (χ0v) is 27.6. The molecule has 4 atom stereocenters. The van der Waals surface area contributed by atoms with Crippen molar-refractivity contribution in [2.24, 2.45) is 5.92 Å². The Labute approximate surface area is 265 Å². The summed E-state index contributed by atoms with van der Waals surface area (Å²) in [5.41, 5.74) is 1.72. The van der Waals surface area contributed by atoms with Crippen LogP contribution in [0.2, 0.25) is 0 Å². The van der Waals surface area contributed by atoms with Gasteiger partial charge in [0, 0.05) is 37.8 Å². The van der Waals surface area contributed by atoms with Gasteiger partial charge in [-0.1, -0.05) is 43.3 Å². The summed E-state index contributed by atoms with van der Waals surface area (Å²) in [5.74, 6) is -0.0130. The molecule has 2 heterocycles. The standard InChI is InChI=1S/C33H45N3O6S2/c1-24-20-36(25(2)23-37)33(38)29-19-28(34-44(39,40)32-14-10-18-43-32)15-16-30(29)42-26(3)11-8-9-17-41-31(24)22-35(4)21-27-12-6-5-7-13-27/h5-7,10,12-16,18-19,24-26,31,34,37H,8-9,11,17,20-23H2,1-4H3/t24-,25+,26+,31+/m1/s1. The zero-order valence-electron chi connectivity index (χ0n) is 26.0. The van der Waals surface area contributed by atoms with Gasteiger partial charge in [-0.3, -0.25) is 14.4 Å². The molecule has 1 aromatic heterocycles. The average molecular weight is 644 g/mol. The highest BCUT2D eigenvalue weighted by atomic mass is 32.2. The Kier molecular flexibility index (Phi) is 12.2. The van der Waals surface area contributed by atoms with Crippen LogP contribution in [0.15, 0.2) is 70.3 Å². The highest BCUT2D eigenvalue weighted by Crippen LogP contribution is 2.30. The fraction of sp³-hybridized carbons (Fsp3) is 0.485. The quantitative estimate of drug-likeness (QED) is 0.318. The lowest BCUT2D eigenvalue weighted by atomic mass is 10.0. The third-order valence-corrected chi connectivity index (χ3v) is 10.6. The fourth-order valence-corrected chi connectivity index (χ4v) is 7.38. The van der Waals surface area contributed by atoms with Crippen molar-refractivity contribution in [3.05, 3.63) is 77.2 Å². The van der Waals surface area contributed by atoms with E-state index in [-0.39, 0.29) is 46.1 Å². The van der Waals surface area contributed by atoms with Gasteiger partial charge in [-0.25, -0.2) is 8.42 Å². The van der Waals surface area contributed by atoms with Crippen molar-refractivity contribution in [3.8, 4) is 5.75 Å². The van der Waals surface area contributed by atoms with Gasteiger partial charge in [-0.2, -0.15) is 0 Å². The first-order chi connectivity index (χ1) is 21.1. The minimum absolute atomic E-state index is 0.0575. The molecule has 0 saturated carbocycles. The molecule has 3 aromatic rings. The number of fused-ring (bicyclic) bond motifs is 1. The van der Waals surface area contributed by atoms with Gasteiger partial charge in [0.2, 0.25) is 0 Å². The van der Waals surface area contributed by atoms with E-state index in [0.717, 1.165) is 37.1 Å². The van der Waals surface area contributed by atoms with Crippen LogP contribution in [-0.2, 0) is 21.3 Å². The predicted octanol–water partition coefficient (Wildman–Crippen LogP) is 5.48. The zero-order chi connectivity index (χ0) is 31.7. The maximum atomic E-state index is 14.3. The molecule has 0 aliphatic carbocycles. The van der Waals surface area contributed by atoms with E-state index >= 15 is 0 Å². The van der Waals surface area contributed by atoms with Crippen LogP contribution >= 0.6 is 11.3 Å². The minimum Gasteiger partial charge on any atom is -0.490 e. The molecular weight excluding hydrogens is 599 g/mol. The Bertz CT molecular complexity index is 1430. The van der Waals surface area contributed by atoms with Gasteiger partial charge in [-0.05, 0) is 75.4 Å². The summed E-state index contributed by atoms with van der Waals surface area (Å²) in [6.45, 7) is 8.01. The molecule has 44 heavy (non-hydrogen) atoms. The molecule has 2 N–H and O–H groups in total. The number of sulfonamides is 1. The van der Waals surface area contributed by atoms with E-state index in [1.165, 1.54) is 17.7 Å². The number of hydrogen-bond donors (Lipinski definition) is 2. The number of carbonyl (C=O) groups excluding carboxylic acids is 1. The van der Waals surface area contributed by atoms with Crippen molar-refractivity contribution in [1.29, 1.82) is 0 Å². The highest BCUT2D eigenvalue weighted by Gasteiger charge is 2.30. The monoisotopic (exact) mass is 643 g/mol. The Morgan fingerprint density at radius 2 is 1.89 bits per heavy atom. The third-order valence-electron chi connectivity index (χ3n) is 7.85. The van der Waals surface area contributed by atoms with E-state index in [9.17, 15) is 18.3 Å². The number of aliphatic hydroxyl groups is 1. The molecule has 9 nitrogen and oxygen atoms in total. The normalized spacial score (nSPS) is 21.3. The van der Waals surface area contributed by atoms with Gasteiger partial charge in [0.25, 0.3) is 15.9 Å². The van der Waals surface area contributed by atoms with Crippen LogP contribution in [0.3, 0.4) is 0 Å². The highest BCUT2D eigenvalue weighted by molar-refractivity contribution is 7.94. The van der Waals surface area contributed by atoms with E-state index in [4.69, 9.17) is 9.47 Å². The van der Waals surface area contributed by atoms with Gasteiger partial charge in [-0.15, -0.1) is 11.3 Å². The summed E-state index contributed by atoms with van der Waals surface area (Å²) in [5, 5.41) is 11.9. The molecule has 0 radical (unpaired) electrons. The second-order valence-corrected chi connectivity index (χ2v) is 14.6. The van der Waals surface area contributed by atoms with Gasteiger partial charge in [0.05, 0.1) is 30.4 Å². The van der Waals surface area contributed by atoms with E-state index in [1.54, 1.807) is 35.4 Å². The van der Waals surface area contributed by atoms with Crippen molar-refractivity contribution in [3.63, 3.8) is 0 Å². The smallest absolute Gasteiger partial charge is 0.271 e. The van der Waals surface area contributed by atoms with Crippen molar-refractivity contribution >= 4 is 33.0 Å². The Morgan fingerprint density at radius 1 is 1.11 bits per heavy atom. The number of aliphatic hydroxyl groups excluding tert-OH is 1. The maximum Gasteiger partial charge on any atom is 0.271 e. The van der Waals surface area contributed by atoms with Crippen molar-refractivity contribution in [1.82, 2.24) is 9.80 Å². The Balaban J connectivity index is 1.63. The molecular formula is C33H45N3O6S2. The van der Waals surface area contributed by atoms with E-state index in [2.05, 4.69) is 35.7 Å². The number of carbonyl (C=O) groups is 1. The summed E-state index contributed by atoms with van der Waals surface area (Å²) in [4.78, 5) is 18.2. The lowest BCUT2D eigenvalue weighted by Crippen LogP contribution is -2.47. The first-order valence-electron chi connectivity index (χ1n) is 15.2. The summed E-state index contributed by atoms with van der Waals surface area (Å²) in [7, 11) is -1.75. The summed E-state index contributed by atoms with van der Waals surface area (Å²) in [6.07, 6.45) is 2.23. The molecule has 0 bridgehead atoms. The fourth-order valence-electron chi connectivity index (χ4n) is 5.34. The summed E-state index contributed by atoms with van der Waals surface area (Å²) in [6, 6.07) is 17.8. The van der Waals surface area contributed by atoms with Crippen LogP contribution in [-0.4, -0.2) is 80.8 Å². The van der Waals surface area contributed by atoms with Crippen LogP contribution in [0.25, 0.3) is 0 Å². The number of nitrogens with zero attached hydrogens (tertiary/aromatic N) is 2. The number of hydrogen-bond acceptors (Lipinski definition) is 8. The van der Waals surface area contributed by atoms with Crippen LogP contribution in [0.1, 0.15) is 56.0 Å². The van der Waals surface area contributed by atoms with Gasteiger partial charge in [0.15, 0.2) is 0 Å². The number of likely N-dealkylation sites (N-methyl/N-ethyl adjacent to an activating group) is 1. The Morgan fingerprint density at radius 3 is 2.59 bits per heavy atom. The molecule has 240 valence electrons. The van der Waals surface area contributed by atoms with Gasteiger partial charge < -0.3 is 19.5 Å². The number of rotatable bonds is 9. The molecule has 4 rings (SSSR count). The molecule has 11 heteroatoms. The Hall–Kier alpha value is -2.96. The van der Waals surface area contributed by atoms with Gasteiger partial charge in [0.1, 0.15) is 9.96 Å². The van der Waals surface area contributed by atoms with Gasteiger partial charge >= 0.3 is 0 Å². The van der Waals surface area contributed by atoms with Crippen LogP contribution in [0, 0.1) is 5.92 Å². The number of thiophene rings is 1. The van der Waals surface area contributed by atoms with Crippen molar-refractivity contribution in [2.45, 2.75) is 69.0 Å². The molecule has 0 saturated heterocycles. The number of anilines is 1. The number of benzene rings is 2. The average Bonchev–Trinajstić information content (AvgIpc) is 3.55. The number of nitrogens with one attached hydrogen (secondary N) is 1. The largest absolute Gasteiger partial charge is 0.490 e. The first-order valence-corrected chi connectivity index (χ1v) is 17.6. The van der Waals surface area contributed by atoms with Crippen LogP contribution < -0.4 is 9.46 Å². The van der Waals surface area contributed by atoms with E-state index in [1.807, 2.05) is 25.1 Å². The van der Waals surface area contributed by atoms with E-state index < -0.39 is 16.1 Å². The minimum atomic E-state index is -3.82. The molecule has 1 aliphatic rings. The lowest BCUT2D eigenvalue weighted by Gasteiger charge is -2.36. The van der Waals surface area contributed by atoms with E-state index in [0.29, 0.717) is 25.4 Å². The summed E-state index contributed by atoms with van der Waals surface area (Å²) >= 11 is 1.12. The van der Waals surface area contributed by atoms with Crippen molar-refractivity contribution < 1.29 is 27.8 Å². The predicted molar refractivity (Wildman–Crippen MR) is 175 cm³/mol. The molecule has 2 aromatic carbocycles. The summed E-state index contributed by atoms with van der Waals surface area (Å²) < 4.78 is 41.4. The van der Waals surface area contributed by atoms with Crippen LogP contribution in [0.4, 0.5) is 5.69 Å². The number of amides is 1. The molecule has 0 unspecified atom stereocenters. The second kappa shape index (κ2) is 15.9. The maximum absolute atomic E-state index is 14.3. The topological polar surface area (TPSA) is 108 Å². The van der Waals surface area contributed by atoms with Crippen molar-refractivity contribution in [2.75, 3.05) is 38.1 Å². The second-order valence-electron chi connectivity index (χ2n) is 11.7. The molecule has 1 amide bonds. The third kappa shape index (κ3) is 9.28.